The van der Waals surface area contributed by atoms with Gasteiger partial charge in [0.05, 0.1) is 23.8 Å². The van der Waals surface area contributed by atoms with E-state index < -0.39 is 35.9 Å². The molecular weight excluding hydrogens is 286 g/mol. The summed E-state index contributed by atoms with van der Waals surface area (Å²) in [6.07, 6.45) is 2.29. The summed E-state index contributed by atoms with van der Waals surface area (Å²) < 4.78 is 5.48. The molecule has 2 bridgehead atoms. The summed E-state index contributed by atoms with van der Waals surface area (Å²) in [5.41, 5.74) is 0.776. The number of para-hydroxylation sites is 1. The van der Waals surface area contributed by atoms with Crippen LogP contribution in [0, 0.1) is 11.8 Å². The standard InChI is InChI=1S/C16H15NO5/c1-8(18)9-4-2-3-5-10(9)17-15(19)13-11-6-7-12(22-11)14(13)16(20)21/h2-7,11-14H,1H3,(H,17,19)(H,20,21)/t11-,12+,13+,14+/m1/s1. The highest BCUT2D eigenvalue weighted by Crippen LogP contribution is 2.40. The van der Waals surface area contributed by atoms with Gasteiger partial charge in [-0.15, -0.1) is 0 Å². The summed E-state index contributed by atoms with van der Waals surface area (Å²) in [6, 6.07) is 6.64. The summed E-state index contributed by atoms with van der Waals surface area (Å²) in [6.45, 7) is 1.41. The lowest BCUT2D eigenvalue weighted by molar-refractivity contribution is -0.145. The largest absolute Gasteiger partial charge is 0.481 e. The zero-order chi connectivity index (χ0) is 15.9. The maximum atomic E-state index is 12.5. The Kier molecular flexibility index (Phi) is 3.54. The Bertz CT molecular complexity index is 681. The van der Waals surface area contributed by atoms with Gasteiger partial charge in [-0.3, -0.25) is 14.4 Å². The van der Waals surface area contributed by atoms with Crippen LogP contribution in [0.1, 0.15) is 17.3 Å². The maximum absolute atomic E-state index is 12.5. The lowest BCUT2D eigenvalue weighted by atomic mass is 9.82. The van der Waals surface area contributed by atoms with E-state index in [0.29, 0.717) is 11.3 Å². The molecule has 0 unspecified atom stereocenters. The van der Waals surface area contributed by atoms with Crippen molar-refractivity contribution in [1.82, 2.24) is 0 Å². The Morgan fingerprint density at radius 3 is 2.36 bits per heavy atom. The van der Waals surface area contributed by atoms with Crippen LogP contribution in [0.25, 0.3) is 0 Å². The molecule has 0 aliphatic carbocycles. The van der Waals surface area contributed by atoms with Crippen molar-refractivity contribution < 1.29 is 24.2 Å². The van der Waals surface area contributed by atoms with Gasteiger partial charge in [-0.25, -0.2) is 0 Å². The van der Waals surface area contributed by atoms with Gasteiger partial charge >= 0.3 is 5.97 Å². The van der Waals surface area contributed by atoms with Gasteiger partial charge in [0.1, 0.15) is 5.92 Å². The number of ether oxygens (including phenoxy) is 1. The van der Waals surface area contributed by atoms with Gasteiger partial charge in [-0.05, 0) is 19.1 Å². The summed E-state index contributed by atoms with van der Waals surface area (Å²) >= 11 is 0. The van der Waals surface area contributed by atoms with Crippen molar-refractivity contribution in [3.8, 4) is 0 Å². The number of rotatable bonds is 4. The summed E-state index contributed by atoms with van der Waals surface area (Å²) in [5.74, 6) is -3.38. The molecule has 0 aromatic heterocycles. The number of aliphatic carboxylic acids is 1. The molecule has 22 heavy (non-hydrogen) atoms. The number of fused-ring (bicyclic) bond motifs is 2. The molecule has 2 N–H and O–H groups in total. The van der Waals surface area contributed by atoms with Crippen LogP contribution in [0.2, 0.25) is 0 Å². The molecule has 114 valence electrons. The molecule has 6 heteroatoms. The molecule has 3 rings (SSSR count). The van der Waals surface area contributed by atoms with Crippen molar-refractivity contribution in [2.75, 3.05) is 5.32 Å². The van der Waals surface area contributed by atoms with E-state index in [2.05, 4.69) is 5.32 Å². The second-order valence-electron chi connectivity index (χ2n) is 5.43. The SMILES string of the molecule is CC(=O)c1ccccc1NC(=O)[C@@H]1[C@@H](C(=O)O)[C@@H]2C=C[C@H]1O2. The Balaban J connectivity index is 1.85. The van der Waals surface area contributed by atoms with E-state index >= 15 is 0 Å². The maximum Gasteiger partial charge on any atom is 0.310 e. The average Bonchev–Trinajstić information content (AvgIpc) is 3.08. The van der Waals surface area contributed by atoms with Crippen LogP contribution in [-0.2, 0) is 14.3 Å². The second kappa shape index (κ2) is 5.38. The minimum Gasteiger partial charge on any atom is -0.481 e. The van der Waals surface area contributed by atoms with Gasteiger partial charge in [-0.2, -0.15) is 0 Å². The lowest BCUT2D eigenvalue weighted by Crippen LogP contribution is -2.39. The molecular formula is C16H15NO5. The van der Waals surface area contributed by atoms with Crippen LogP contribution >= 0.6 is 0 Å². The molecule has 0 saturated carbocycles. The summed E-state index contributed by atoms with van der Waals surface area (Å²) in [5, 5.41) is 12.0. The van der Waals surface area contributed by atoms with Crippen LogP contribution in [0.5, 0.6) is 0 Å². The first kappa shape index (κ1) is 14.5. The van der Waals surface area contributed by atoms with E-state index in [9.17, 15) is 19.5 Å². The quantitative estimate of drug-likeness (QED) is 0.649. The first-order valence-electron chi connectivity index (χ1n) is 6.96. The number of ketones is 1. The first-order chi connectivity index (χ1) is 10.5. The van der Waals surface area contributed by atoms with Gasteiger partial charge in [0.15, 0.2) is 5.78 Å². The number of carbonyl (C=O) groups is 3. The fourth-order valence-electron chi connectivity index (χ4n) is 3.03. The zero-order valence-electron chi connectivity index (χ0n) is 11.9. The zero-order valence-corrected chi connectivity index (χ0v) is 11.9. The third-order valence-electron chi connectivity index (χ3n) is 4.05. The number of anilines is 1. The highest BCUT2D eigenvalue weighted by Gasteiger charge is 2.53. The molecule has 4 atom stereocenters. The molecule has 1 aromatic carbocycles. The van der Waals surface area contributed by atoms with Crippen LogP contribution in [0.4, 0.5) is 5.69 Å². The smallest absolute Gasteiger partial charge is 0.310 e. The molecule has 0 radical (unpaired) electrons. The number of carboxylic acid groups (broad SMARTS) is 1. The number of amides is 1. The van der Waals surface area contributed by atoms with Crippen LogP contribution in [0.3, 0.4) is 0 Å². The monoisotopic (exact) mass is 301 g/mol. The molecule has 1 fully saturated rings. The fourth-order valence-corrected chi connectivity index (χ4v) is 3.03. The van der Waals surface area contributed by atoms with Gasteiger partial charge in [0.25, 0.3) is 0 Å². The molecule has 2 aliphatic rings. The van der Waals surface area contributed by atoms with E-state index in [1.807, 2.05) is 0 Å². The molecule has 2 aliphatic heterocycles. The Labute approximate surface area is 126 Å². The third-order valence-corrected chi connectivity index (χ3v) is 4.05. The number of carbonyl (C=O) groups excluding carboxylic acids is 2. The van der Waals surface area contributed by atoms with E-state index in [4.69, 9.17) is 4.74 Å². The molecule has 1 amide bonds. The molecule has 1 saturated heterocycles. The Hall–Kier alpha value is -2.47. The molecule has 2 heterocycles. The van der Waals surface area contributed by atoms with Gasteiger partial charge in [0.2, 0.25) is 5.91 Å². The predicted octanol–water partition coefficient (Wildman–Crippen LogP) is 1.48. The second-order valence-corrected chi connectivity index (χ2v) is 5.43. The van der Waals surface area contributed by atoms with E-state index in [-0.39, 0.29) is 5.78 Å². The molecule has 0 spiro atoms. The normalized spacial score (nSPS) is 28.6. The molecule has 6 nitrogen and oxygen atoms in total. The average molecular weight is 301 g/mol. The highest BCUT2D eigenvalue weighted by atomic mass is 16.5. The van der Waals surface area contributed by atoms with E-state index in [0.717, 1.165) is 0 Å². The highest BCUT2D eigenvalue weighted by molar-refractivity contribution is 6.05. The van der Waals surface area contributed by atoms with Crippen molar-refractivity contribution in [2.45, 2.75) is 19.1 Å². The lowest BCUT2D eigenvalue weighted by Gasteiger charge is -2.21. The van der Waals surface area contributed by atoms with Crippen molar-refractivity contribution >= 4 is 23.3 Å². The number of nitrogens with one attached hydrogen (secondary N) is 1. The van der Waals surface area contributed by atoms with Gasteiger partial charge < -0.3 is 15.2 Å². The van der Waals surface area contributed by atoms with Crippen molar-refractivity contribution in [2.24, 2.45) is 11.8 Å². The minimum atomic E-state index is -1.06. The summed E-state index contributed by atoms with van der Waals surface area (Å²) in [4.78, 5) is 35.5. The molecule has 1 aromatic rings. The van der Waals surface area contributed by atoms with Crippen molar-refractivity contribution in [1.29, 1.82) is 0 Å². The van der Waals surface area contributed by atoms with E-state index in [1.54, 1.807) is 36.4 Å². The van der Waals surface area contributed by atoms with Crippen LogP contribution in [0.15, 0.2) is 36.4 Å². The van der Waals surface area contributed by atoms with Crippen molar-refractivity contribution in [3.63, 3.8) is 0 Å². The summed E-state index contributed by atoms with van der Waals surface area (Å²) in [7, 11) is 0. The predicted molar refractivity (Wildman–Crippen MR) is 77.5 cm³/mol. The number of Topliss-reactive ketones (excluding diaryl/α,β-unsaturated/α-hetero) is 1. The third kappa shape index (κ3) is 2.31. The van der Waals surface area contributed by atoms with Gasteiger partial charge in [0, 0.05) is 5.56 Å². The number of benzene rings is 1. The Morgan fingerprint density at radius 2 is 1.73 bits per heavy atom. The number of hydrogen-bond acceptors (Lipinski definition) is 4. The first-order valence-corrected chi connectivity index (χ1v) is 6.96. The van der Waals surface area contributed by atoms with E-state index in [1.165, 1.54) is 6.92 Å². The van der Waals surface area contributed by atoms with Crippen molar-refractivity contribution in [3.05, 3.63) is 42.0 Å². The Morgan fingerprint density at radius 1 is 1.09 bits per heavy atom. The van der Waals surface area contributed by atoms with Gasteiger partial charge in [-0.1, -0.05) is 24.3 Å². The fraction of sp³-hybridized carbons (Fsp3) is 0.312. The topological polar surface area (TPSA) is 92.7 Å². The van der Waals surface area contributed by atoms with Crippen LogP contribution < -0.4 is 5.32 Å². The number of carboxylic acids is 1. The number of hydrogen-bond donors (Lipinski definition) is 2. The van der Waals surface area contributed by atoms with Crippen LogP contribution in [-0.4, -0.2) is 35.0 Å². The minimum absolute atomic E-state index is 0.172.